The van der Waals surface area contributed by atoms with Crippen LogP contribution in [0.3, 0.4) is 0 Å². The van der Waals surface area contributed by atoms with Gasteiger partial charge in [0, 0.05) is 39.1 Å². The van der Waals surface area contributed by atoms with Crippen LogP contribution in [0.2, 0.25) is 0 Å². The lowest BCUT2D eigenvalue weighted by Crippen LogP contribution is -2.44. The highest BCUT2D eigenvalue weighted by molar-refractivity contribution is 5.55. The first kappa shape index (κ1) is 13.5. The van der Waals surface area contributed by atoms with E-state index < -0.39 is 0 Å². The normalized spacial score (nSPS) is 19.6. The number of piperazine rings is 1. The third-order valence-corrected chi connectivity index (χ3v) is 3.88. The van der Waals surface area contributed by atoms with Crippen LogP contribution in [0.1, 0.15) is 12.0 Å². The lowest BCUT2D eigenvalue weighted by molar-refractivity contribution is 0.242. The molecule has 110 valence electrons. The number of fused-ring (bicyclic) bond motifs is 1. The van der Waals surface area contributed by atoms with Crippen LogP contribution >= 0.6 is 0 Å². The molecular formula is C15H22N2O3. The Labute approximate surface area is 119 Å². The van der Waals surface area contributed by atoms with Gasteiger partial charge in [-0.25, -0.2) is 0 Å². The molecule has 0 spiro atoms. The third kappa shape index (κ3) is 2.99. The SMILES string of the molecule is Oc1c(CCN2CCNCC2)ccc2c1OCCCO2. The minimum absolute atomic E-state index is 0.250. The van der Waals surface area contributed by atoms with Crippen molar-refractivity contribution < 1.29 is 14.6 Å². The quantitative estimate of drug-likeness (QED) is 0.864. The van der Waals surface area contributed by atoms with E-state index >= 15 is 0 Å². The van der Waals surface area contributed by atoms with Gasteiger partial charge in [-0.05, 0) is 18.1 Å². The van der Waals surface area contributed by atoms with Gasteiger partial charge in [-0.15, -0.1) is 0 Å². The molecule has 0 bridgehead atoms. The van der Waals surface area contributed by atoms with E-state index in [1.807, 2.05) is 12.1 Å². The minimum atomic E-state index is 0.250. The summed E-state index contributed by atoms with van der Waals surface area (Å²) in [6, 6.07) is 3.86. The zero-order valence-corrected chi connectivity index (χ0v) is 11.7. The lowest BCUT2D eigenvalue weighted by atomic mass is 10.1. The predicted octanol–water partition coefficient (Wildman–Crippen LogP) is 1.00. The summed E-state index contributed by atoms with van der Waals surface area (Å²) in [7, 11) is 0. The van der Waals surface area contributed by atoms with Crippen molar-refractivity contribution in [2.24, 2.45) is 0 Å². The Balaban J connectivity index is 1.68. The fourth-order valence-corrected chi connectivity index (χ4v) is 2.68. The number of ether oxygens (including phenoxy) is 2. The summed E-state index contributed by atoms with van der Waals surface area (Å²) < 4.78 is 11.2. The summed E-state index contributed by atoms with van der Waals surface area (Å²) in [4.78, 5) is 2.42. The van der Waals surface area contributed by atoms with Crippen molar-refractivity contribution in [1.29, 1.82) is 0 Å². The van der Waals surface area contributed by atoms with Gasteiger partial charge in [0.1, 0.15) is 0 Å². The first-order valence-corrected chi connectivity index (χ1v) is 7.38. The molecule has 20 heavy (non-hydrogen) atoms. The maximum atomic E-state index is 10.4. The molecule has 0 saturated carbocycles. The first-order chi connectivity index (χ1) is 9.84. The van der Waals surface area contributed by atoms with Gasteiger partial charge in [0.25, 0.3) is 0 Å². The van der Waals surface area contributed by atoms with E-state index in [1.54, 1.807) is 0 Å². The second kappa shape index (κ2) is 6.33. The van der Waals surface area contributed by atoms with Crippen molar-refractivity contribution in [3.63, 3.8) is 0 Å². The number of hydrogen-bond donors (Lipinski definition) is 2. The van der Waals surface area contributed by atoms with Crippen molar-refractivity contribution >= 4 is 0 Å². The number of rotatable bonds is 3. The van der Waals surface area contributed by atoms with E-state index in [0.29, 0.717) is 24.7 Å². The van der Waals surface area contributed by atoms with E-state index in [9.17, 15) is 5.11 Å². The Kier molecular flexibility index (Phi) is 4.28. The molecule has 1 aromatic rings. The second-order valence-corrected chi connectivity index (χ2v) is 5.29. The van der Waals surface area contributed by atoms with E-state index in [-0.39, 0.29) is 5.75 Å². The zero-order valence-electron chi connectivity index (χ0n) is 11.7. The van der Waals surface area contributed by atoms with Crippen molar-refractivity contribution in [3.05, 3.63) is 17.7 Å². The van der Waals surface area contributed by atoms with Crippen LogP contribution in [0.4, 0.5) is 0 Å². The Morgan fingerprint density at radius 1 is 1.15 bits per heavy atom. The summed E-state index contributed by atoms with van der Waals surface area (Å²) in [5.74, 6) is 1.42. The predicted molar refractivity (Wildman–Crippen MR) is 76.7 cm³/mol. The monoisotopic (exact) mass is 278 g/mol. The molecule has 0 atom stereocenters. The molecule has 1 saturated heterocycles. The van der Waals surface area contributed by atoms with E-state index in [2.05, 4.69) is 10.2 Å². The number of benzene rings is 1. The van der Waals surface area contributed by atoms with Gasteiger partial charge in [0.2, 0.25) is 5.75 Å². The van der Waals surface area contributed by atoms with Crippen LogP contribution in [0.15, 0.2) is 12.1 Å². The average molecular weight is 278 g/mol. The molecule has 0 aliphatic carbocycles. The Hall–Kier alpha value is -1.46. The maximum absolute atomic E-state index is 10.4. The fraction of sp³-hybridized carbons (Fsp3) is 0.600. The molecule has 0 radical (unpaired) electrons. The molecule has 5 nitrogen and oxygen atoms in total. The molecule has 2 N–H and O–H groups in total. The molecule has 1 fully saturated rings. The van der Waals surface area contributed by atoms with E-state index in [0.717, 1.165) is 51.1 Å². The first-order valence-electron chi connectivity index (χ1n) is 7.38. The van der Waals surface area contributed by atoms with Gasteiger partial charge < -0.3 is 24.8 Å². The highest BCUT2D eigenvalue weighted by Crippen LogP contribution is 2.40. The molecule has 5 heteroatoms. The Morgan fingerprint density at radius 3 is 2.80 bits per heavy atom. The van der Waals surface area contributed by atoms with E-state index in [4.69, 9.17) is 9.47 Å². The lowest BCUT2D eigenvalue weighted by Gasteiger charge is -2.27. The number of phenolic OH excluding ortho intramolecular Hbond substituents is 1. The summed E-state index contributed by atoms with van der Waals surface area (Å²) in [6.45, 7) is 6.46. The molecule has 0 aromatic heterocycles. The van der Waals surface area contributed by atoms with Gasteiger partial charge in [-0.3, -0.25) is 0 Å². The zero-order chi connectivity index (χ0) is 13.8. The molecule has 2 aliphatic rings. The third-order valence-electron chi connectivity index (χ3n) is 3.88. The van der Waals surface area contributed by atoms with Gasteiger partial charge in [-0.2, -0.15) is 0 Å². The Bertz CT molecular complexity index is 459. The van der Waals surface area contributed by atoms with Gasteiger partial charge >= 0.3 is 0 Å². The van der Waals surface area contributed by atoms with Crippen molar-refractivity contribution in [2.45, 2.75) is 12.8 Å². The summed E-state index contributed by atoms with van der Waals surface area (Å²) in [5, 5.41) is 13.7. The number of nitrogens with zero attached hydrogens (tertiary/aromatic N) is 1. The highest BCUT2D eigenvalue weighted by atomic mass is 16.5. The van der Waals surface area contributed by atoms with Crippen LogP contribution in [0.25, 0.3) is 0 Å². The van der Waals surface area contributed by atoms with Gasteiger partial charge in [0.05, 0.1) is 13.2 Å². The van der Waals surface area contributed by atoms with Crippen molar-refractivity contribution in [2.75, 3.05) is 45.9 Å². The van der Waals surface area contributed by atoms with Crippen LogP contribution in [0, 0.1) is 0 Å². The van der Waals surface area contributed by atoms with Crippen LogP contribution in [-0.4, -0.2) is 55.9 Å². The second-order valence-electron chi connectivity index (χ2n) is 5.29. The number of nitrogens with one attached hydrogen (secondary N) is 1. The molecule has 0 unspecified atom stereocenters. The average Bonchev–Trinajstić information content (AvgIpc) is 2.74. The Morgan fingerprint density at radius 2 is 1.95 bits per heavy atom. The summed E-state index contributed by atoms with van der Waals surface area (Å²) in [5.41, 5.74) is 0.938. The highest BCUT2D eigenvalue weighted by Gasteiger charge is 2.18. The van der Waals surface area contributed by atoms with E-state index in [1.165, 1.54) is 0 Å². The van der Waals surface area contributed by atoms with Crippen molar-refractivity contribution in [3.8, 4) is 17.2 Å². The largest absolute Gasteiger partial charge is 0.504 e. The molecule has 1 aromatic carbocycles. The van der Waals surface area contributed by atoms with Crippen LogP contribution in [0.5, 0.6) is 17.2 Å². The van der Waals surface area contributed by atoms with Gasteiger partial charge in [-0.1, -0.05) is 6.07 Å². The number of phenols is 1. The molecule has 2 heterocycles. The molecule has 0 amide bonds. The molecule has 2 aliphatic heterocycles. The molecular weight excluding hydrogens is 256 g/mol. The fourth-order valence-electron chi connectivity index (χ4n) is 2.68. The van der Waals surface area contributed by atoms with Crippen LogP contribution < -0.4 is 14.8 Å². The minimum Gasteiger partial charge on any atom is -0.504 e. The smallest absolute Gasteiger partial charge is 0.203 e. The molecule has 3 rings (SSSR count). The van der Waals surface area contributed by atoms with Gasteiger partial charge in [0.15, 0.2) is 11.5 Å². The van der Waals surface area contributed by atoms with Crippen LogP contribution in [-0.2, 0) is 6.42 Å². The standard InChI is InChI=1S/C15H22N2O3/c18-14-12(4-7-17-8-5-16-6-9-17)2-3-13-15(14)20-11-1-10-19-13/h2-3,16,18H,1,4-11H2. The maximum Gasteiger partial charge on any atom is 0.203 e. The summed E-state index contributed by atoms with van der Waals surface area (Å²) >= 11 is 0. The summed E-state index contributed by atoms with van der Waals surface area (Å²) in [6.07, 6.45) is 1.69. The topological polar surface area (TPSA) is 54.0 Å². The van der Waals surface area contributed by atoms with Crippen molar-refractivity contribution in [1.82, 2.24) is 10.2 Å². The number of hydrogen-bond acceptors (Lipinski definition) is 5. The number of aromatic hydroxyl groups is 1.